The van der Waals surface area contributed by atoms with Gasteiger partial charge in [0.1, 0.15) is 24.2 Å². The maximum absolute atomic E-state index is 13.6. The lowest BCUT2D eigenvalue weighted by Gasteiger charge is -2.35. The number of aliphatic hydroxyl groups excluding tert-OH is 1. The van der Waals surface area contributed by atoms with Crippen LogP contribution in [0.25, 0.3) is 0 Å². The third-order valence-corrected chi connectivity index (χ3v) is 5.22. The Morgan fingerprint density at radius 1 is 1.11 bits per heavy atom. The van der Waals surface area contributed by atoms with Gasteiger partial charge >= 0.3 is 12.1 Å². The maximum atomic E-state index is 13.6. The molecule has 10 nitrogen and oxygen atoms in total. The lowest BCUT2D eigenvalue weighted by atomic mass is 9.93. The summed E-state index contributed by atoms with van der Waals surface area (Å²) < 4.78 is 9.84. The van der Waals surface area contributed by atoms with Crippen LogP contribution in [0.1, 0.15) is 63.3 Å². The number of methoxy groups -OCH3 is 1. The number of aryl methyl sites for hydroxylation is 2. The smallest absolute Gasteiger partial charge is 0.408 e. The van der Waals surface area contributed by atoms with Crippen molar-refractivity contribution in [1.82, 2.24) is 15.5 Å². The number of esters is 1. The van der Waals surface area contributed by atoms with E-state index in [0.717, 1.165) is 17.5 Å². The number of carbonyl (C=O) groups is 4. The molecule has 0 spiro atoms. The summed E-state index contributed by atoms with van der Waals surface area (Å²) in [6.45, 7) is 9.76. The first-order valence-corrected chi connectivity index (χ1v) is 11.7. The fraction of sp³-hybridized carbons (Fsp3) is 0.600. The Bertz CT molecular complexity index is 875. The first kappa shape index (κ1) is 29.9. The van der Waals surface area contributed by atoms with E-state index >= 15 is 0 Å². The molecular formula is C25H39N3O7. The number of rotatable bonds is 11. The highest BCUT2D eigenvalue weighted by Crippen LogP contribution is 2.29. The number of carbonyl (C=O) groups excluding carboxylic acids is 4. The minimum atomic E-state index is -1.33. The van der Waals surface area contributed by atoms with Gasteiger partial charge in [0.15, 0.2) is 0 Å². The SMILES string of the molecule is CCCCN(C(=O)C(CO)NC(=O)OC(C)(C)C)C(C(=O)NCC(=O)OC)c1c(C)cccc1C. The Hall–Kier alpha value is -3.14. The Labute approximate surface area is 207 Å². The number of nitrogens with zero attached hydrogens (tertiary/aromatic N) is 1. The molecule has 0 saturated carbocycles. The third kappa shape index (κ3) is 9.20. The summed E-state index contributed by atoms with van der Waals surface area (Å²) in [4.78, 5) is 52.4. The zero-order chi connectivity index (χ0) is 26.8. The van der Waals surface area contributed by atoms with E-state index in [1.807, 2.05) is 39.0 Å². The molecule has 0 aliphatic heterocycles. The van der Waals surface area contributed by atoms with Crippen LogP contribution in [-0.4, -0.2) is 72.3 Å². The lowest BCUT2D eigenvalue weighted by molar-refractivity contribution is -0.145. The maximum Gasteiger partial charge on any atom is 0.408 e. The van der Waals surface area contributed by atoms with Crippen LogP contribution in [-0.2, 0) is 23.9 Å². The molecule has 2 unspecified atom stereocenters. The van der Waals surface area contributed by atoms with Crippen molar-refractivity contribution in [1.29, 1.82) is 0 Å². The van der Waals surface area contributed by atoms with Crippen molar-refractivity contribution >= 4 is 23.9 Å². The molecule has 0 bridgehead atoms. The van der Waals surface area contributed by atoms with Crippen molar-refractivity contribution in [3.63, 3.8) is 0 Å². The van der Waals surface area contributed by atoms with Crippen molar-refractivity contribution in [2.75, 3.05) is 26.8 Å². The molecule has 2 atom stereocenters. The predicted octanol–water partition coefficient (Wildman–Crippen LogP) is 2.15. The number of nitrogens with one attached hydrogen (secondary N) is 2. The standard InChI is InChI=1S/C25H39N3O7/c1-8-9-13-28(23(32)18(15-29)27-24(33)35-25(4,5)6)21(22(31)26-14-19(30)34-7)20-16(2)11-10-12-17(20)3/h10-12,18,21,29H,8-9,13-15H2,1-7H3,(H,26,31)(H,27,33). The number of amides is 3. The van der Waals surface area contributed by atoms with Crippen LogP contribution in [0.3, 0.4) is 0 Å². The van der Waals surface area contributed by atoms with E-state index in [2.05, 4.69) is 15.4 Å². The van der Waals surface area contributed by atoms with E-state index in [0.29, 0.717) is 12.0 Å². The topological polar surface area (TPSA) is 134 Å². The van der Waals surface area contributed by atoms with Crippen molar-refractivity contribution in [3.05, 3.63) is 34.9 Å². The molecule has 0 aliphatic rings. The first-order chi connectivity index (χ1) is 16.4. The van der Waals surface area contributed by atoms with Crippen LogP contribution in [0.2, 0.25) is 0 Å². The predicted molar refractivity (Wildman–Crippen MR) is 131 cm³/mol. The molecule has 1 aromatic carbocycles. The number of unbranched alkanes of at least 4 members (excludes halogenated alkanes) is 1. The number of hydrogen-bond donors (Lipinski definition) is 3. The fourth-order valence-corrected chi connectivity index (χ4v) is 3.55. The molecule has 3 amide bonds. The van der Waals surface area contributed by atoms with Gasteiger partial charge in [-0.05, 0) is 57.7 Å². The van der Waals surface area contributed by atoms with E-state index in [-0.39, 0.29) is 13.1 Å². The molecule has 0 heterocycles. The third-order valence-electron chi connectivity index (χ3n) is 5.22. The Kier molecular flexibility index (Phi) is 11.7. The van der Waals surface area contributed by atoms with E-state index in [1.54, 1.807) is 20.8 Å². The highest BCUT2D eigenvalue weighted by atomic mass is 16.6. The summed E-state index contributed by atoms with van der Waals surface area (Å²) in [5, 5.41) is 14.9. The Morgan fingerprint density at radius 2 is 1.71 bits per heavy atom. The van der Waals surface area contributed by atoms with Crippen LogP contribution in [0.4, 0.5) is 4.79 Å². The molecule has 196 valence electrons. The molecule has 0 aliphatic carbocycles. The largest absolute Gasteiger partial charge is 0.468 e. The average Bonchev–Trinajstić information content (AvgIpc) is 2.77. The van der Waals surface area contributed by atoms with Gasteiger partial charge in [-0.3, -0.25) is 14.4 Å². The summed E-state index contributed by atoms with van der Waals surface area (Å²) in [5.41, 5.74) is 1.36. The van der Waals surface area contributed by atoms with Crippen LogP contribution in [0.5, 0.6) is 0 Å². The van der Waals surface area contributed by atoms with E-state index < -0.39 is 48.2 Å². The molecule has 3 N–H and O–H groups in total. The van der Waals surface area contributed by atoms with Gasteiger partial charge in [-0.15, -0.1) is 0 Å². The van der Waals surface area contributed by atoms with Gasteiger partial charge in [-0.2, -0.15) is 0 Å². The Balaban J connectivity index is 3.46. The molecule has 1 rings (SSSR count). The monoisotopic (exact) mass is 493 g/mol. The highest BCUT2D eigenvalue weighted by molar-refractivity contribution is 5.93. The number of alkyl carbamates (subject to hydrolysis) is 1. The van der Waals surface area contributed by atoms with Gasteiger partial charge in [0.05, 0.1) is 13.7 Å². The highest BCUT2D eigenvalue weighted by Gasteiger charge is 2.37. The summed E-state index contributed by atoms with van der Waals surface area (Å²) in [6, 6.07) is 3.06. The molecule has 1 aromatic rings. The van der Waals surface area contributed by atoms with Crippen LogP contribution < -0.4 is 10.6 Å². The van der Waals surface area contributed by atoms with Crippen LogP contribution in [0, 0.1) is 13.8 Å². The lowest BCUT2D eigenvalue weighted by Crippen LogP contribution is -2.55. The van der Waals surface area contributed by atoms with Gasteiger partial charge in [-0.1, -0.05) is 31.5 Å². The quantitative estimate of drug-likeness (QED) is 0.402. The average molecular weight is 494 g/mol. The van der Waals surface area contributed by atoms with Gasteiger partial charge in [-0.25, -0.2) is 4.79 Å². The van der Waals surface area contributed by atoms with Gasteiger partial charge in [0, 0.05) is 6.54 Å². The number of hydrogen-bond acceptors (Lipinski definition) is 7. The second-order valence-corrected chi connectivity index (χ2v) is 9.27. The molecule has 10 heteroatoms. The summed E-state index contributed by atoms with van der Waals surface area (Å²) >= 11 is 0. The van der Waals surface area contributed by atoms with Crippen molar-refractivity contribution < 1.29 is 33.8 Å². The molecule has 0 fully saturated rings. The van der Waals surface area contributed by atoms with Gasteiger partial charge in [0.25, 0.3) is 0 Å². The van der Waals surface area contributed by atoms with Gasteiger partial charge < -0.3 is 30.1 Å². The molecule has 0 saturated heterocycles. The van der Waals surface area contributed by atoms with E-state index in [4.69, 9.17) is 4.74 Å². The molecule has 0 aromatic heterocycles. The van der Waals surface area contributed by atoms with E-state index in [9.17, 15) is 24.3 Å². The van der Waals surface area contributed by atoms with Crippen LogP contribution >= 0.6 is 0 Å². The minimum Gasteiger partial charge on any atom is -0.468 e. The normalized spacial score (nSPS) is 12.8. The number of aliphatic hydroxyl groups is 1. The Morgan fingerprint density at radius 3 is 2.20 bits per heavy atom. The minimum absolute atomic E-state index is 0.186. The number of benzene rings is 1. The van der Waals surface area contributed by atoms with Crippen molar-refractivity contribution in [2.24, 2.45) is 0 Å². The molecular weight excluding hydrogens is 454 g/mol. The second kappa shape index (κ2) is 13.7. The van der Waals surface area contributed by atoms with Crippen LogP contribution in [0.15, 0.2) is 18.2 Å². The molecule has 0 radical (unpaired) electrons. The fourth-order valence-electron chi connectivity index (χ4n) is 3.55. The van der Waals surface area contributed by atoms with Crippen molar-refractivity contribution in [2.45, 2.75) is 72.1 Å². The first-order valence-electron chi connectivity index (χ1n) is 11.7. The zero-order valence-corrected chi connectivity index (χ0v) is 21.8. The summed E-state index contributed by atoms with van der Waals surface area (Å²) in [6.07, 6.45) is 0.442. The zero-order valence-electron chi connectivity index (χ0n) is 21.8. The number of ether oxygens (including phenoxy) is 2. The summed E-state index contributed by atoms with van der Waals surface area (Å²) in [7, 11) is 1.21. The molecule has 35 heavy (non-hydrogen) atoms. The van der Waals surface area contributed by atoms with Gasteiger partial charge in [0.2, 0.25) is 11.8 Å². The van der Waals surface area contributed by atoms with Crippen molar-refractivity contribution in [3.8, 4) is 0 Å². The second-order valence-electron chi connectivity index (χ2n) is 9.27. The van der Waals surface area contributed by atoms with E-state index in [1.165, 1.54) is 12.0 Å². The summed E-state index contributed by atoms with van der Waals surface area (Å²) in [5.74, 6) is -1.86.